The first-order chi connectivity index (χ1) is 6.81. The van der Waals surface area contributed by atoms with Gasteiger partial charge < -0.3 is 4.42 Å². The van der Waals surface area contributed by atoms with Crippen molar-refractivity contribution in [2.75, 3.05) is 12.9 Å². The molecule has 1 aromatic carbocycles. The highest BCUT2D eigenvalue weighted by molar-refractivity contribution is 7.80. The molecule has 0 bridgehead atoms. The summed E-state index contributed by atoms with van der Waals surface area (Å²) in [5.41, 5.74) is 2.17. The van der Waals surface area contributed by atoms with E-state index in [0.717, 1.165) is 18.0 Å². The lowest BCUT2D eigenvalue weighted by atomic mass is 10.2. The second-order valence-electron chi connectivity index (χ2n) is 3.41. The minimum absolute atomic E-state index is 0.750. The summed E-state index contributed by atoms with van der Waals surface area (Å²) in [6, 6.07) is 8.08. The van der Waals surface area contributed by atoms with Crippen LogP contribution in [0.5, 0.6) is 0 Å². The summed E-state index contributed by atoms with van der Waals surface area (Å²) in [5, 5.41) is 1.20. The summed E-state index contributed by atoms with van der Waals surface area (Å²) < 4.78 is 5.44. The zero-order valence-corrected chi connectivity index (χ0v) is 9.00. The SMILES string of the molecule is CN(CS)Cc1coc2ccccc12. The number of hydrogen-bond acceptors (Lipinski definition) is 3. The zero-order chi connectivity index (χ0) is 9.97. The van der Waals surface area contributed by atoms with Gasteiger partial charge in [-0.05, 0) is 13.1 Å². The maximum atomic E-state index is 5.44. The molecular formula is C11H13NOS. The van der Waals surface area contributed by atoms with Gasteiger partial charge in [-0.2, -0.15) is 12.6 Å². The number of fused-ring (bicyclic) bond motifs is 1. The smallest absolute Gasteiger partial charge is 0.134 e. The summed E-state index contributed by atoms with van der Waals surface area (Å²) in [6.07, 6.45) is 1.82. The lowest BCUT2D eigenvalue weighted by Crippen LogP contribution is -2.14. The van der Waals surface area contributed by atoms with Gasteiger partial charge in [-0.3, -0.25) is 4.90 Å². The fraction of sp³-hybridized carbons (Fsp3) is 0.273. The lowest BCUT2D eigenvalue weighted by Gasteiger charge is -2.11. The van der Waals surface area contributed by atoms with Crippen LogP contribution in [-0.4, -0.2) is 17.8 Å². The minimum Gasteiger partial charge on any atom is -0.464 e. The zero-order valence-electron chi connectivity index (χ0n) is 8.10. The van der Waals surface area contributed by atoms with Gasteiger partial charge in [0.15, 0.2) is 0 Å². The van der Waals surface area contributed by atoms with Gasteiger partial charge in [-0.1, -0.05) is 18.2 Å². The van der Waals surface area contributed by atoms with Crippen LogP contribution in [0.4, 0.5) is 0 Å². The summed E-state index contributed by atoms with van der Waals surface area (Å²) in [5.74, 6) is 0.750. The number of thiol groups is 1. The third-order valence-corrected chi connectivity index (χ3v) is 2.73. The standard InChI is InChI=1S/C11H13NOS/c1-12(8-14)6-9-7-13-11-5-3-2-4-10(9)11/h2-5,7,14H,6,8H2,1H3. The van der Waals surface area contributed by atoms with Gasteiger partial charge >= 0.3 is 0 Å². The molecule has 0 radical (unpaired) electrons. The van der Waals surface area contributed by atoms with Crippen molar-refractivity contribution in [3.05, 3.63) is 36.1 Å². The second-order valence-corrected chi connectivity index (χ2v) is 3.70. The van der Waals surface area contributed by atoms with Crippen LogP contribution in [0.1, 0.15) is 5.56 Å². The normalized spacial score (nSPS) is 11.4. The van der Waals surface area contributed by atoms with Crippen molar-refractivity contribution < 1.29 is 4.42 Å². The van der Waals surface area contributed by atoms with Gasteiger partial charge in [0.05, 0.1) is 6.26 Å². The van der Waals surface area contributed by atoms with Gasteiger partial charge in [-0.15, -0.1) is 0 Å². The predicted molar refractivity (Wildman–Crippen MR) is 61.5 cm³/mol. The van der Waals surface area contributed by atoms with Crippen molar-refractivity contribution >= 4 is 23.6 Å². The molecule has 0 fully saturated rings. The first-order valence-corrected chi connectivity index (χ1v) is 5.19. The Bertz CT molecular complexity index is 424. The molecular weight excluding hydrogens is 194 g/mol. The van der Waals surface area contributed by atoms with Crippen LogP contribution in [0.15, 0.2) is 34.9 Å². The van der Waals surface area contributed by atoms with Crippen LogP contribution in [0.25, 0.3) is 11.0 Å². The molecule has 1 heterocycles. The average molecular weight is 207 g/mol. The highest BCUT2D eigenvalue weighted by Gasteiger charge is 2.06. The summed E-state index contributed by atoms with van der Waals surface area (Å²) >= 11 is 4.22. The van der Waals surface area contributed by atoms with Crippen molar-refractivity contribution in [1.29, 1.82) is 0 Å². The summed E-state index contributed by atoms with van der Waals surface area (Å²) in [7, 11) is 2.04. The topological polar surface area (TPSA) is 16.4 Å². The molecule has 0 spiro atoms. The van der Waals surface area contributed by atoms with E-state index in [-0.39, 0.29) is 0 Å². The van der Waals surface area contributed by atoms with E-state index in [2.05, 4.69) is 23.6 Å². The quantitative estimate of drug-likeness (QED) is 0.615. The number of benzene rings is 1. The highest BCUT2D eigenvalue weighted by Crippen LogP contribution is 2.21. The first kappa shape index (κ1) is 9.62. The molecule has 2 rings (SSSR count). The average Bonchev–Trinajstić information content (AvgIpc) is 2.62. The fourth-order valence-corrected chi connectivity index (χ4v) is 1.60. The maximum absolute atomic E-state index is 5.44. The van der Waals surface area contributed by atoms with E-state index >= 15 is 0 Å². The molecule has 0 atom stereocenters. The number of furan rings is 1. The second kappa shape index (κ2) is 4.07. The van der Waals surface area contributed by atoms with Gasteiger partial charge in [0.1, 0.15) is 5.58 Å². The third-order valence-electron chi connectivity index (χ3n) is 2.24. The van der Waals surface area contributed by atoms with E-state index in [1.807, 2.05) is 31.5 Å². The molecule has 2 nitrogen and oxygen atoms in total. The molecule has 0 aliphatic heterocycles. The molecule has 0 unspecified atom stereocenters. The van der Waals surface area contributed by atoms with Crippen molar-refractivity contribution in [2.45, 2.75) is 6.54 Å². The molecule has 14 heavy (non-hydrogen) atoms. The Labute approximate surface area is 88.9 Å². The van der Waals surface area contributed by atoms with Gasteiger partial charge in [0, 0.05) is 23.4 Å². The Morgan fingerprint density at radius 2 is 2.14 bits per heavy atom. The minimum atomic E-state index is 0.750. The molecule has 74 valence electrons. The Morgan fingerprint density at radius 3 is 2.93 bits per heavy atom. The van der Waals surface area contributed by atoms with Crippen LogP contribution in [0.3, 0.4) is 0 Å². The molecule has 1 aromatic heterocycles. The molecule has 0 aliphatic rings. The Hall–Kier alpha value is -0.930. The molecule has 0 aliphatic carbocycles. The Morgan fingerprint density at radius 1 is 1.36 bits per heavy atom. The van der Waals surface area contributed by atoms with E-state index in [9.17, 15) is 0 Å². The number of para-hydroxylation sites is 1. The van der Waals surface area contributed by atoms with Gasteiger partial charge in [-0.25, -0.2) is 0 Å². The first-order valence-electron chi connectivity index (χ1n) is 4.56. The van der Waals surface area contributed by atoms with E-state index in [0.29, 0.717) is 0 Å². The number of nitrogens with zero attached hydrogens (tertiary/aromatic N) is 1. The van der Waals surface area contributed by atoms with Crippen molar-refractivity contribution in [3.8, 4) is 0 Å². The Kier molecular flexibility index (Phi) is 2.79. The Balaban J connectivity index is 2.33. The van der Waals surface area contributed by atoms with E-state index in [4.69, 9.17) is 4.42 Å². The lowest BCUT2D eigenvalue weighted by molar-refractivity contribution is 0.386. The van der Waals surface area contributed by atoms with E-state index in [1.165, 1.54) is 10.9 Å². The predicted octanol–water partition coefficient (Wildman–Crippen LogP) is 2.75. The summed E-state index contributed by atoms with van der Waals surface area (Å²) in [6.45, 7) is 0.876. The number of hydrogen-bond donors (Lipinski definition) is 1. The van der Waals surface area contributed by atoms with Crippen LogP contribution in [0, 0.1) is 0 Å². The molecule has 0 saturated heterocycles. The van der Waals surface area contributed by atoms with Crippen LogP contribution >= 0.6 is 12.6 Å². The largest absolute Gasteiger partial charge is 0.464 e. The van der Waals surface area contributed by atoms with Gasteiger partial charge in [0.2, 0.25) is 0 Å². The van der Waals surface area contributed by atoms with Crippen LogP contribution < -0.4 is 0 Å². The highest BCUT2D eigenvalue weighted by atomic mass is 32.1. The maximum Gasteiger partial charge on any atom is 0.134 e. The molecule has 2 aromatic rings. The third kappa shape index (κ3) is 1.79. The van der Waals surface area contributed by atoms with Crippen molar-refractivity contribution in [1.82, 2.24) is 4.90 Å². The van der Waals surface area contributed by atoms with Crippen molar-refractivity contribution in [3.63, 3.8) is 0 Å². The van der Waals surface area contributed by atoms with E-state index < -0.39 is 0 Å². The monoisotopic (exact) mass is 207 g/mol. The molecule has 0 saturated carbocycles. The number of rotatable bonds is 3. The summed E-state index contributed by atoms with van der Waals surface area (Å²) in [4.78, 5) is 2.13. The van der Waals surface area contributed by atoms with Crippen LogP contribution in [-0.2, 0) is 6.54 Å². The molecule has 3 heteroatoms. The van der Waals surface area contributed by atoms with E-state index in [1.54, 1.807) is 0 Å². The molecule has 0 N–H and O–H groups in total. The van der Waals surface area contributed by atoms with Gasteiger partial charge in [0.25, 0.3) is 0 Å². The van der Waals surface area contributed by atoms with Crippen LogP contribution in [0.2, 0.25) is 0 Å². The molecule has 0 amide bonds. The van der Waals surface area contributed by atoms with Crippen molar-refractivity contribution in [2.24, 2.45) is 0 Å². The fourth-order valence-electron chi connectivity index (χ4n) is 1.50.